The first kappa shape index (κ1) is 23.9. The van der Waals surface area contributed by atoms with Gasteiger partial charge in [0.05, 0.1) is 6.54 Å². The quantitative estimate of drug-likeness (QED) is 0.259. The number of anilines is 1. The van der Waals surface area contributed by atoms with Gasteiger partial charge in [0.2, 0.25) is 0 Å². The van der Waals surface area contributed by atoms with Gasteiger partial charge in [-0.15, -0.1) is 24.0 Å². The lowest BCUT2D eigenvalue weighted by Gasteiger charge is -2.14. The summed E-state index contributed by atoms with van der Waals surface area (Å²) < 4.78 is 0. The number of nitrogens with zero attached hydrogens (tertiary/aromatic N) is 1. The molecule has 152 valence electrons. The lowest BCUT2D eigenvalue weighted by Crippen LogP contribution is -2.40. The van der Waals surface area contributed by atoms with Crippen molar-refractivity contribution in [2.24, 2.45) is 4.99 Å². The summed E-state index contributed by atoms with van der Waals surface area (Å²) in [6.07, 6.45) is 2.61. The van der Waals surface area contributed by atoms with Gasteiger partial charge in [0.1, 0.15) is 0 Å². The molecule has 1 aromatic carbocycles. The van der Waals surface area contributed by atoms with Gasteiger partial charge in [0, 0.05) is 30.1 Å². The molecule has 1 aliphatic rings. The van der Waals surface area contributed by atoms with E-state index in [0.717, 1.165) is 30.3 Å². The number of hydrogen-bond donors (Lipinski definition) is 4. The second kappa shape index (κ2) is 13.1. The summed E-state index contributed by atoms with van der Waals surface area (Å²) in [6.45, 7) is 8.35. The summed E-state index contributed by atoms with van der Waals surface area (Å²) in [6, 6.07) is 7.72. The van der Waals surface area contributed by atoms with Crippen LogP contribution in [0.25, 0.3) is 0 Å². The number of aliphatic imine (C=N–C) groups is 1. The van der Waals surface area contributed by atoms with E-state index in [2.05, 4.69) is 33.2 Å². The van der Waals surface area contributed by atoms with Gasteiger partial charge in [-0.3, -0.25) is 0 Å². The first-order valence-corrected chi connectivity index (χ1v) is 10.4. The second-order valence-electron chi connectivity index (χ2n) is 6.66. The molecule has 0 radical (unpaired) electrons. The highest BCUT2D eigenvalue weighted by atomic mass is 127. The minimum Gasteiger partial charge on any atom is -0.357 e. The van der Waals surface area contributed by atoms with Crippen LogP contribution < -0.4 is 21.3 Å². The van der Waals surface area contributed by atoms with Crippen LogP contribution in [-0.4, -0.2) is 42.1 Å². The van der Waals surface area contributed by atoms with Gasteiger partial charge in [0.15, 0.2) is 5.96 Å². The SMILES string of the molecule is CCNC(=NCc1ccc(NC(=O)NC(C)C)cc1)NCC1CCCS1.I. The summed E-state index contributed by atoms with van der Waals surface area (Å²) in [5.74, 6) is 2.13. The van der Waals surface area contributed by atoms with Crippen molar-refractivity contribution in [1.29, 1.82) is 0 Å². The standard InChI is InChI=1S/C19H31N5OS.HI/c1-4-20-18(22-13-17-6-5-11-26-17)21-12-15-7-9-16(10-8-15)24-19(25)23-14(2)3;/h7-10,14,17H,4-6,11-13H2,1-3H3,(H2,20,21,22)(H2,23,24,25);1H. The van der Waals surface area contributed by atoms with Crippen LogP contribution >= 0.6 is 35.7 Å². The van der Waals surface area contributed by atoms with Crippen LogP contribution in [0.2, 0.25) is 0 Å². The van der Waals surface area contributed by atoms with Gasteiger partial charge in [-0.25, -0.2) is 9.79 Å². The van der Waals surface area contributed by atoms with Gasteiger partial charge >= 0.3 is 6.03 Å². The number of guanidine groups is 1. The van der Waals surface area contributed by atoms with Crippen LogP contribution in [0, 0.1) is 0 Å². The topological polar surface area (TPSA) is 77.5 Å². The summed E-state index contributed by atoms with van der Waals surface area (Å²) in [7, 11) is 0. The van der Waals surface area contributed by atoms with Crippen LogP contribution in [0.5, 0.6) is 0 Å². The molecule has 1 atom stereocenters. The summed E-state index contributed by atoms with van der Waals surface area (Å²) in [5.41, 5.74) is 1.88. The van der Waals surface area contributed by atoms with Crippen molar-refractivity contribution < 1.29 is 4.79 Å². The Balaban J connectivity index is 0.00000364. The van der Waals surface area contributed by atoms with Crippen molar-refractivity contribution in [3.63, 3.8) is 0 Å². The lowest BCUT2D eigenvalue weighted by atomic mass is 10.2. The van der Waals surface area contributed by atoms with Crippen molar-refractivity contribution in [3.05, 3.63) is 29.8 Å². The smallest absolute Gasteiger partial charge is 0.319 e. The zero-order chi connectivity index (χ0) is 18.8. The minimum atomic E-state index is -0.186. The van der Waals surface area contributed by atoms with E-state index in [-0.39, 0.29) is 36.0 Å². The van der Waals surface area contributed by atoms with Gasteiger partial charge in [-0.2, -0.15) is 11.8 Å². The molecule has 1 saturated heterocycles. The van der Waals surface area contributed by atoms with E-state index in [1.807, 2.05) is 49.9 Å². The molecule has 8 heteroatoms. The van der Waals surface area contributed by atoms with E-state index in [9.17, 15) is 4.79 Å². The third kappa shape index (κ3) is 9.55. The Morgan fingerprint density at radius 2 is 2.00 bits per heavy atom. The Morgan fingerprint density at radius 3 is 2.59 bits per heavy atom. The highest BCUT2D eigenvalue weighted by Crippen LogP contribution is 2.25. The molecule has 4 N–H and O–H groups in total. The molecular weight excluding hydrogens is 473 g/mol. The number of nitrogens with one attached hydrogen (secondary N) is 4. The fourth-order valence-electron chi connectivity index (χ4n) is 2.65. The Morgan fingerprint density at radius 1 is 1.26 bits per heavy atom. The number of carbonyl (C=O) groups is 1. The number of hydrogen-bond acceptors (Lipinski definition) is 3. The molecule has 0 aromatic heterocycles. The molecule has 0 saturated carbocycles. The fourth-order valence-corrected chi connectivity index (χ4v) is 3.85. The molecule has 2 rings (SSSR count). The molecule has 27 heavy (non-hydrogen) atoms. The summed E-state index contributed by atoms with van der Waals surface area (Å²) in [5, 5.41) is 13.1. The molecule has 1 heterocycles. The third-order valence-electron chi connectivity index (χ3n) is 3.92. The monoisotopic (exact) mass is 505 g/mol. The number of carbonyl (C=O) groups excluding carboxylic acids is 1. The molecule has 1 aromatic rings. The van der Waals surface area contributed by atoms with Crippen molar-refractivity contribution in [2.45, 2.75) is 51.4 Å². The molecule has 6 nitrogen and oxygen atoms in total. The number of benzene rings is 1. The van der Waals surface area contributed by atoms with Crippen LogP contribution in [0.3, 0.4) is 0 Å². The van der Waals surface area contributed by atoms with Gasteiger partial charge in [-0.05, 0) is 57.1 Å². The van der Waals surface area contributed by atoms with E-state index in [0.29, 0.717) is 11.8 Å². The predicted octanol–water partition coefficient (Wildman–Crippen LogP) is 3.79. The normalized spacial score (nSPS) is 16.6. The third-order valence-corrected chi connectivity index (χ3v) is 5.31. The average molecular weight is 505 g/mol. The van der Waals surface area contributed by atoms with E-state index in [4.69, 9.17) is 0 Å². The first-order valence-electron chi connectivity index (χ1n) is 9.37. The maximum absolute atomic E-state index is 11.7. The molecule has 0 spiro atoms. The van der Waals surface area contributed by atoms with Gasteiger partial charge < -0.3 is 21.3 Å². The van der Waals surface area contributed by atoms with Crippen LogP contribution in [0.1, 0.15) is 39.2 Å². The first-order chi connectivity index (χ1) is 12.6. The molecule has 1 aliphatic heterocycles. The molecule has 0 bridgehead atoms. The Kier molecular flexibility index (Phi) is 11.6. The van der Waals surface area contributed by atoms with Crippen molar-refractivity contribution in [1.82, 2.24) is 16.0 Å². The van der Waals surface area contributed by atoms with Gasteiger partial charge in [-0.1, -0.05) is 12.1 Å². The maximum atomic E-state index is 11.7. The highest BCUT2D eigenvalue weighted by molar-refractivity contribution is 14.0. The Hall–Kier alpha value is -1.16. The zero-order valence-electron chi connectivity index (χ0n) is 16.4. The van der Waals surface area contributed by atoms with E-state index < -0.39 is 0 Å². The van der Waals surface area contributed by atoms with E-state index in [1.54, 1.807) is 0 Å². The number of rotatable bonds is 7. The highest BCUT2D eigenvalue weighted by Gasteiger charge is 2.15. The summed E-state index contributed by atoms with van der Waals surface area (Å²) in [4.78, 5) is 16.4. The van der Waals surface area contributed by atoms with Crippen LogP contribution in [-0.2, 0) is 6.54 Å². The zero-order valence-corrected chi connectivity index (χ0v) is 19.5. The van der Waals surface area contributed by atoms with E-state index in [1.165, 1.54) is 18.6 Å². The van der Waals surface area contributed by atoms with Crippen molar-refractivity contribution in [2.75, 3.05) is 24.2 Å². The van der Waals surface area contributed by atoms with Crippen LogP contribution in [0.15, 0.2) is 29.3 Å². The predicted molar refractivity (Wildman–Crippen MR) is 127 cm³/mol. The molecule has 1 fully saturated rings. The molecule has 1 unspecified atom stereocenters. The Labute approximate surface area is 184 Å². The van der Waals surface area contributed by atoms with Crippen molar-refractivity contribution >= 4 is 53.4 Å². The summed E-state index contributed by atoms with van der Waals surface area (Å²) >= 11 is 2.04. The molecule has 2 amide bonds. The van der Waals surface area contributed by atoms with Crippen molar-refractivity contribution in [3.8, 4) is 0 Å². The number of amides is 2. The molecular formula is C19H32IN5OS. The number of thioether (sulfide) groups is 1. The average Bonchev–Trinajstić information content (AvgIpc) is 3.11. The Bertz CT molecular complexity index is 588. The van der Waals surface area contributed by atoms with E-state index >= 15 is 0 Å². The minimum absolute atomic E-state index is 0. The largest absolute Gasteiger partial charge is 0.357 e. The number of halogens is 1. The van der Waals surface area contributed by atoms with Gasteiger partial charge in [0.25, 0.3) is 0 Å². The van der Waals surface area contributed by atoms with Crippen LogP contribution in [0.4, 0.5) is 10.5 Å². The second-order valence-corrected chi connectivity index (χ2v) is 8.07. The lowest BCUT2D eigenvalue weighted by molar-refractivity contribution is 0.250. The maximum Gasteiger partial charge on any atom is 0.319 e. The molecule has 0 aliphatic carbocycles. The number of urea groups is 1. The fraction of sp³-hybridized carbons (Fsp3) is 0.579.